The molecular formula is C26H25FN2O4. The van der Waals surface area contributed by atoms with Crippen LogP contribution in [0.15, 0.2) is 78.9 Å². The summed E-state index contributed by atoms with van der Waals surface area (Å²) < 4.78 is 24.9. The first-order valence-electron chi connectivity index (χ1n) is 10.7. The smallest absolute Gasteiger partial charge is 0.252 e. The van der Waals surface area contributed by atoms with Gasteiger partial charge in [0.15, 0.2) is 11.6 Å². The quantitative estimate of drug-likeness (QED) is 0.594. The second kappa shape index (κ2) is 10.2. The zero-order valence-corrected chi connectivity index (χ0v) is 18.2. The molecule has 1 aliphatic rings. The van der Waals surface area contributed by atoms with Crippen LogP contribution < -0.4 is 14.8 Å². The maximum absolute atomic E-state index is 13.9. The zero-order valence-electron chi connectivity index (χ0n) is 18.2. The van der Waals surface area contributed by atoms with Crippen LogP contribution in [0.2, 0.25) is 0 Å². The summed E-state index contributed by atoms with van der Waals surface area (Å²) in [6, 6.07) is 21.2. The lowest BCUT2D eigenvalue weighted by Crippen LogP contribution is -2.42. The number of methoxy groups -OCH3 is 1. The number of amides is 2. The lowest BCUT2D eigenvalue weighted by molar-refractivity contribution is -0.132. The van der Waals surface area contributed by atoms with Crippen molar-refractivity contribution in [2.45, 2.75) is 18.6 Å². The number of carbonyl (C=O) groups is 2. The summed E-state index contributed by atoms with van der Waals surface area (Å²) in [5, 5.41) is 2.87. The monoisotopic (exact) mass is 448 g/mol. The molecule has 7 heteroatoms. The van der Waals surface area contributed by atoms with Gasteiger partial charge in [-0.25, -0.2) is 4.39 Å². The zero-order chi connectivity index (χ0) is 23.2. The number of likely N-dealkylation sites (tertiary alicyclic amines) is 1. The molecule has 170 valence electrons. The number of nitrogens with one attached hydrogen (secondary N) is 1. The SMILES string of the molecule is COc1ccc(C(=O)N[C@@H](C(=O)N2CCC(Oc3ccccc3F)C2)c2ccccc2)cc1. The fraction of sp³-hybridized carbons (Fsp3) is 0.231. The summed E-state index contributed by atoms with van der Waals surface area (Å²) in [5.41, 5.74) is 1.11. The number of benzene rings is 3. The van der Waals surface area contributed by atoms with Crippen molar-refractivity contribution in [1.82, 2.24) is 10.2 Å². The average molecular weight is 448 g/mol. The van der Waals surface area contributed by atoms with E-state index in [9.17, 15) is 14.0 Å². The Bertz CT molecular complexity index is 1100. The van der Waals surface area contributed by atoms with E-state index in [0.717, 1.165) is 0 Å². The Morgan fingerprint density at radius 3 is 2.39 bits per heavy atom. The maximum atomic E-state index is 13.9. The number of para-hydroxylation sites is 1. The van der Waals surface area contributed by atoms with Crippen molar-refractivity contribution in [3.63, 3.8) is 0 Å². The van der Waals surface area contributed by atoms with Gasteiger partial charge in [0.1, 0.15) is 17.9 Å². The van der Waals surface area contributed by atoms with E-state index in [4.69, 9.17) is 9.47 Å². The Hall–Kier alpha value is -3.87. The van der Waals surface area contributed by atoms with Crippen molar-refractivity contribution in [3.8, 4) is 11.5 Å². The van der Waals surface area contributed by atoms with Gasteiger partial charge in [0.2, 0.25) is 5.91 Å². The predicted octanol–water partition coefficient (Wildman–Crippen LogP) is 3.99. The molecule has 1 unspecified atom stereocenters. The van der Waals surface area contributed by atoms with E-state index < -0.39 is 11.9 Å². The minimum atomic E-state index is -0.854. The first-order chi connectivity index (χ1) is 16.0. The third-order valence-corrected chi connectivity index (χ3v) is 5.59. The second-order valence-corrected chi connectivity index (χ2v) is 7.79. The van der Waals surface area contributed by atoms with E-state index in [1.54, 1.807) is 66.6 Å². The summed E-state index contributed by atoms with van der Waals surface area (Å²) in [4.78, 5) is 28.0. The molecule has 0 spiro atoms. The fourth-order valence-corrected chi connectivity index (χ4v) is 3.82. The number of nitrogens with zero attached hydrogens (tertiary/aromatic N) is 1. The Labute approximate surface area is 191 Å². The third-order valence-electron chi connectivity index (χ3n) is 5.59. The van der Waals surface area contributed by atoms with Crippen LogP contribution in [0.4, 0.5) is 4.39 Å². The summed E-state index contributed by atoms with van der Waals surface area (Å²) in [6.07, 6.45) is 0.258. The van der Waals surface area contributed by atoms with Crippen LogP contribution in [0, 0.1) is 5.82 Å². The van der Waals surface area contributed by atoms with Crippen LogP contribution in [-0.4, -0.2) is 43.0 Å². The van der Waals surface area contributed by atoms with Crippen LogP contribution in [-0.2, 0) is 4.79 Å². The van der Waals surface area contributed by atoms with Gasteiger partial charge in [0, 0.05) is 18.5 Å². The van der Waals surface area contributed by atoms with Crippen molar-refractivity contribution >= 4 is 11.8 Å². The van der Waals surface area contributed by atoms with Crippen molar-refractivity contribution in [2.75, 3.05) is 20.2 Å². The molecule has 3 aromatic rings. The van der Waals surface area contributed by atoms with Crippen LogP contribution in [0.25, 0.3) is 0 Å². The summed E-state index contributed by atoms with van der Waals surface area (Å²) in [7, 11) is 1.55. The second-order valence-electron chi connectivity index (χ2n) is 7.79. The van der Waals surface area contributed by atoms with E-state index >= 15 is 0 Å². The third kappa shape index (κ3) is 5.31. The summed E-state index contributed by atoms with van der Waals surface area (Å²) in [6.45, 7) is 0.772. The minimum Gasteiger partial charge on any atom is -0.497 e. The molecule has 1 heterocycles. The Morgan fingerprint density at radius 2 is 1.70 bits per heavy atom. The summed E-state index contributed by atoms with van der Waals surface area (Å²) >= 11 is 0. The lowest BCUT2D eigenvalue weighted by atomic mass is 10.0. The van der Waals surface area contributed by atoms with Gasteiger partial charge < -0.3 is 19.7 Å². The molecule has 1 aliphatic heterocycles. The van der Waals surface area contributed by atoms with Gasteiger partial charge in [-0.2, -0.15) is 0 Å². The number of ether oxygens (including phenoxy) is 2. The van der Waals surface area contributed by atoms with E-state index in [2.05, 4.69) is 5.32 Å². The molecule has 1 saturated heterocycles. The molecule has 0 bridgehead atoms. The first-order valence-corrected chi connectivity index (χ1v) is 10.7. The molecule has 0 aromatic heterocycles. The fourth-order valence-electron chi connectivity index (χ4n) is 3.82. The standard InChI is InChI=1S/C26H25FN2O4/c1-32-20-13-11-19(12-14-20)25(30)28-24(18-7-3-2-4-8-18)26(31)29-16-15-21(17-29)33-23-10-6-5-9-22(23)27/h2-14,21,24H,15-17H2,1H3,(H,28,30)/t21?,24-/m1/s1. The molecule has 2 atom stereocenters. The van der Waals surface area contributed by atoms with Crippen molar-refractivity contribution < 1.29 is 23.5 Å². The summed E-state index contributed by atoms with van der Waals surface area (Å²) in [5.74, 6) is -0.221. The maximum Gasteiger partial charge on any atom is 0.252 e. The van der Waals surface area contributed by atoms with Crippen LogP contribution in [0.1, 0.15) is 28.4 Å². The van der Waals surface area contributed by atoms with E-state index in [0.29, 0.717) is 36.4 Å². The predicted molar refractivity (Wildman–Crippen MR) is 122 cm³/mol. The Kier molecular flexibility index (Phi) is 6.88. The van der Waals surface area contributed by atoms with E-state index in [1.807, 2.05) is 18.2 Å². The molecule has 6 nitrogen and oxygen atoms in total. The average Bonchev–Trinajstić information content (AvgIpc) is 3.32. The highest BCUT2D eigenvalue weighted by molar-refractivity contribution is 5.98. The van der Waals surface area contributed by atoms with Gasteiger partial charge in [0.05, 0.1) is 13.7 Å². The Balaban J connectivity index is 1.48. The van der Waals surface area contributed by atoms with Crippen LogP contribution in [0.3, 0.4) is 0 Å². The van der Waals surface area contributed by atoms with Crippen LogP contribution >= 0.6 is 0 Å². The molecule has 2 amide bonds. The van der Waals surface area contributed by atoms with Gasteiger partial charge in [-0.15, -0.1) is 0 Å². The number of carbonyl (C=O) groups excluding carboxylic acids is 2. The highest BCUT2D eigenvalue weighted by Crippen LogP contribution is 2.24. The van der Waals surface area contributed by atoms with Gasteiger partial charge in [-0.1, -0.05) is 42.5 Å². The molecular weight excluding hydrogens is 423 g/mol. The van der Waals surface area contributed by atoms with Gasteiger partial charge in [-0.05, 0) is 42.0 Å². The van der Waals surface area contributed by atoms with Gasteiger partial charge in [-0.3, -0.25) is 9.59 Å². The van der Waals surface area contributed by atoms with Crippen molar-refractivity contribution in [2.24, 2.45) is 0 Å². The normalized spacial score (nSPS) is 16.2. The molecule has 4 rings (SSSR count). The first kappa shape index (κ1) is 22.3. The molecule has 0 saturated carbocycles. The number of hydrogen-bond acceptors (Lipinski definition) is 4. The highest BCUT2D eigenvalue weighted by atomic mass is 19.1. The van der Waals surface area contributed by atoms with Crippen LogP contribution in [0.5, 0.6) is 11.5 Å². The molecule has 33 heavy (non-hydrogen) atoms. The lowest BCUT2D eigenvalue weighted by Gasteiger charge is -2.25. The molecule has 0 radical (unpaired) electrons. The van der Waals surface area contributed by atoms with Gasteiger partial charge in [0.25, 0.3) is 5.91 Å². The molecule has 1 fully saturated rings. The molecule has 0 aliphatic carbocycles. The number of rotatable bonds is 7. The van der Waals surface area contributed by atoms with E-state index in [-0.39, 0.29) is 23.7 Å². The minimum absolute atomic E-state index is 0.171. The largest absolute Gasteiger partial charge is 0.497 e. The van der Waals surface area contributed by atoms with Gasteiger partial charge >= 0.3 is 0 Å². The van der Waals surface area contributed by atoms with Crippen molar-refractivity contribution in [3.05, 3.63) is 95.8 Å². The Morgan fingerprint density at radius 1 is 1.00 bits per heavy atom. The number of halogens is 1. The van der Waals surface area contributed by atoms with Crippen molar-refractivity contribution in [1.29, 1.82) is 0 Å². The molecule has 3 aromatic carbocycles. The topological polar surface area (TPSA) is 67.9 Å². The molecule has 1 N–H and O–H groups in total. The van der Waals surface area contributed by atoms with E-state index in [1.165, 1.54) is 6.07 Å². The number of hydrogen-bond donors (Lipinski definition) is 1. The highest BCUT2D eigenvalue weighted by Gasteiger charge is 2.34.